The molecule has 0 aliphatic carbocycles. The first-order valence-corrected chi connectivity index (χ1v) is 10.4. The zero-order valence-electron chi connectivity index (χ0n) is 16.9. The van der Waals surface area contributed by atoms with Crippen LogP contribution >= 0.6 is 0 Å². The number of sulfonamides is 1. The number of hydrogen-bond acceptors (Lipinski definition) is 7. The molecule has 0 N–H and O–H groups in total. The van der Waals surface area contributed by atoms with Crippen molar-refractivity contribution in [1.29, 1.82) is 0 Å². The summed E-state index contributed by atoms with van der Waals surface area (Å²) in [4.78, 5) is 12.2. The van der Waals surface area contributed by atoms with Crippen molar-refractivity contribution in [2.24, 2.45) is 0 Å². The van der Waals surface area contributed by atoms with E-state index in [0.717, 1.165) is 4.31 Å². The van der Waals surface area contributed by atoms with Crippen molar-refractivity contribution < 1.29 is 32.2 Å². The average Bonchev–Trinajstić information content (AvgIpc) is 2.72. The quantitative estimate of drug-likeness (QED) is 0.543. The lowest BCUT2D eigenvalue weighted by molar-refractivity contribution is -0.141. The van der Waals surface area contributed by atoms with Crippen LogP contribution in [0, 0.1) is 0 Å². The maximum absolute atomic E-state index is 13.4. The number of nitrogens with zero attached hydrogens (tertiary/aromatic N) is 1. The van der Waals surface area contributed by atoms with Crippen molar-refractivity contribution >= 4 is 21.7 Å². The van der Waals surface area contributed by atoms with E-state index in [1.165, 1.54) is 32.4 Å². The lowest BCUT2D eigenvalue weighted by Crippen LogP contribution is -2.36. The maximum Gasteiger partial charge on any atom is 0.326 e. The number of rotatable bonds is 10. The van der Waals surface area contributed by atoms with Gasteiger partial charge in [0.05, 0.1) is 38.0 Å². The number of esters is 1. The van der Waals surface area contributed by atoms with Crippen LogP contribution in [-0.2, 0) is 19.6 Å². The Hall–Kier alpha value is -2.94. The fourth-order valence-corrected chi connectivity index (χ4v) is 4.04. The van der Waals surface area contributed by atoms with Crippen molar-refractivity contribution in [2.75, 3.05) is 38.3 Å². The Morgan fingerprint density at radius 2 is 1.59 bits per heavy atom. The van der Waals surface area contributed by atoms with Crippen molar-refractivity contribution in [3.63, 3.8) is 0 Å². The molecule has 0 aliphatic heterocycles. The second-order valence-corrected chi connectivity index (χ2v) is 7.62. The number of ether oxygens (including phenoxy) is 4. The Labute approximate surface area is 171 Å². The molecule has 0 aromatic heterocycles. The molecule has 29 heavy (non-hydrogen) atoms. The van der Waals surface area contributed by atoms with Crippen LogP contribution in [0.1, 0.15) is 13.8 Å². The molecule has 0 aliphatic rings. The fraction of sp³-hybridized carbons (Fsp3) is 0.350. The van der Waals surface area contributed by atoms with E-state index in [4.69, 9.17) is 18.9 Å². The molecular formula is C20H25NO7S. The maximum atomic E-state index is 13.4. The number of benzene rings is 2. The third kappa shape index (κ3) is 5.32. The largest absolute Gasteiger partial charge is 0.497 e. The van der Waals surface area contributed by atoms with Crippen LogP contribution in [0.25, 0.3) is 0 Å². The molecule has 2 rings (SSSR count). The Morgan fingerprint density at radius 3 is 2.14 bits per heavy atom. The second kappa shape index (κ2) is 10.0. The molecule has 0 heterocycles. The molecule has 0 saturated carbocycles. The van der Waals surface area contributed by atoms with Crippen LogP contribution in [0.3, 0.4) is 0 Å². The molecular weight excluding hydrogens is 398 g/mol. The van der Waals surface area contributed by atoms with Gasteiger partial charge in [-0.3, -0.25) is 9.10 Å². The summed E-state index contributed by atoms with van der Waals surface area (Å²) in [5.74, 6) is 0.591. The Bertz CT molecular complexity index is 926. The van der Waals surface area contributed by atoms with Crippen LogP contribution in [0.5, 0.6) is 17.2 Å². The molecule has 2 aromatic rings. The molecule has 0 fully saturated rings. The highest BCUT2D eigenvalue weighted by Crippen LogP contribution is 2.35. The predicted octanol–water partition coefficient (Wildman–Crippen LogP) is 2.86. The van der Waals surface area contributed by atoms with Gasteiger partial charge in [-0.05, 0) is 50.2 Å². The predicted molar refractivity (Wildman–Crippen MR) is 108 cm³/mol. The van der Waals surface area contributed by atoms with Gasteiger partial charge in [0.2, 0.25) is 0 Å². The minimum atomic E-state index is -4.10. The van der Waals surface area contributed by atoms with Gasteiger partial charge in [-0.25, -0.2) is 8.42 Å². The second-order valence-electron chi connectivity index (χ2n) is 5.76. The molecule has 9 heteroatoms. The summed E-state index contributed by atoms with van der Waals surface area (Å²) < 4.78 is 48.5. The summed E-state index contributed by atoms with van der Waals surface area (Å²) in [6, 6.07) is 10.6. The zero-order valence-corrected chi connectivity index (χ0v) is 17.7. The lowest BCUT2D eigenvalue weighted by atomic mass is 10.2. The van der Waals surface area contributed by atoms with E-state index in [0.29, 0.717) is 18.1 Å². The summed E-state index contributed by atoms with van der Waals surface area (Å²) in [5, 5.41) is 0. The van der Waals surface area contributed by atoms with E-state index >= 15 is 0 Å². The SMILES string of the molecule is CCOC(=O)CN(c1ccc(OC)cc1OC)S(=O)(=O)c1ccc(OCC)cc1. The normalized spacial score (nSPS) is 10.9. The molecule has 0 amide bonds. The number of carbonyl (C=O) groups excluding carboxylic acids is 1. The number of hydrogen-bond donors (Lipinski definition) is 0. The van der Waals surface area contributed by atoms with Gasteiger partial charge in [0.15, 0.2) is 0 Å². The highest BCUT2D eigenvalue weighted by atomic mass is 32.2. The van der Waals surface area contributed by atoms with Gasteiger partial charge in [0, 0.05) is 6.07 Å². The summed E-state index contributed by atoms with van der Waals surface area (Å²) in [6.07, 6.45) is 0. The molecule has 0 saturated heterocycles. The molecule has 0 spiro atoms. The smallest absolute Gasteiger partial charge is 0.326 e. The molecule has 2 aromatic carbocycles. The highest BCUT2D eigenvalue weighted by Gasteiger charge is 2.30. The van der Waals surface area contributed by atoms with E-state index < -0.39 is 22.5 Å². The Balaban J connectivity index is 2.53. The van der Waals surface area contributed by atoms with Crippen molar-refractivity contribution in [3.8, 4) is 17.2 Å². The first kappa shape index (κ1) is 22.4. The number of methoxy groups -OCH3 is 2. The van der Waals surface area contributed by atoms with Crippen LogP contribution in [-0.4, -0.2) is 48.4 Å². The van der Waals surface area contributed by atoms with Crippen molar-refractivity contribution in [2.45, 2.75) is 18.7 Å². The first-order chi connectivity index (χ1) is 13.9. The average molecular weight is 423 g/mol. The fourth-order valence-electron chi connectivity index (χ4n) is 2.62. The van der Waals surface area contributed by atoms with E-state index in [1.807, 2.05) is 6.92 Å². The zero-order chi connectivity index (χ0) is 21.4. The highest BCUT2D eigenvalue weighted by molar-refractivity contribution is 7.92. The van der Waals surface area contributed by atoms with Gasteiger partial charge in [0.25, 0.3) is 10.0 Å². The first-order valence-electron chi connectivity index (χ1n) is 9.00. The van der Waals surface area contributed by atoms with Crippen molar-refractivity contribution in [3.05, 3.63) is 42.5 Å². The van der Waals surface area contributed by atoms with Gasteiger partial charge in [-0.2, -0.15) is 0 Å². The summed E-state index contributed by atoms with van der Waals surface area (Å²) in [6.45, 7) is 3.57. The Kier molecular flexibility index (Phi) is 7.72. The molecule has 0 bridgehead atoms. The van der Waals surface area contributed by atoms with Crippen LogP contribution in [0.2, 0.25) is 0 Å². The van der Waals surface area contributed by atoms with Gasteiger partial charge in [-0.15, -0.1) is 0 Å². The van der Waals surface area contributed by atoms with Crippen LogP contribution < -0.4 is 18.5 Å². The number of anilines is 1. The van der Waals surface area contributed by atoms with Gasteiger partial charge in [0.1, 0.15) is 23.8 Å². The monoisotopic (exact) mass is 423 g/mol. The minimum Gasteiger partial charge on any atom is -0.497 e. The van der Waals surface area contributed by atoms with E-state index in [-0.39, 0.29) is 22.9 Å². The van der Waals surface area contributed by atoms with Crippen LogP contribution in [0.15, 0.2) is 47.4 Å². The van der Waals surface area contributed by atoms with Gasteiger partial charge in [-0.1, -0.05) is 0 Å². The topological polar surface area (TPSA) is 91.4 Å². The third-order valence-electron chi connectivity index (χ3n) is 3.96. The summed E-state index contributed by atoms with van der Waals surface area (Å²) in [7, 11) is -1.20. The number of carbonyl (C=O) groups is 1. The molecule has 0 radical (unpaired) electrons. The lowest BCUT2D eigenvalue weighted by Gasteiger charge is -2.25. The van der Waals surface area contributed by atoms with Gasteiger partial charge >= 0.3 is 5.97 Å². The van der Waals surface area contributed by atoms with E-state index in [2.05, 4.69) is 0 Å². The summed E-state index contributed by atoms with van der Waals surface area (Å²) in [5.41, 5.74) is 0.190. The molecule has 0 unspecified atom stereocenters. The van der Waals surface area contributed by atoms with Crippen LogP contribution in [0.4, 0.5) is 5.69 Å². The van der Waals surface area contributed by atoms with Crippen molar-refractivity contribution in [1.82, 2.24) is 0 Å². The standard InChI is InChI=1S/C20H25NO7S/c1-5-27-15-7-10-17(11-8-15)29(23,24)21(14-20(22)28-6-2)18-12-9-16(25-3)13-19(18)26-4/h7-13H,5-6,14H2,1-4H3. The summed E-state index contributed by atoms with van der Waals surface area (Å²) >= 11 is 0. The Morgan fingerprint density at radius 1 is 0.931 bits per heavy atom. The molecule has 8 nitrogen and oxygen atoms in total. The molecule has 158 valence electrons. The van der Waals surface area contributed by atoms with E-state index in [9.17, 15) is 13.2 Å². The third-order valence-corrected chi connectivity index (χ3v) is 5.73. The minimum absolute atomic E-state index is 0.00289. The van der Waals surface area contributed by atoms with E-state index in [1.54, 1.807) is 31.2 Å². The molecule has 0 atom stereocenters. The van der Waals surface area contributed by atoms with Gasteiger partial charge < -0.3 is 18.9 Å².